The maximum Gasteiger partial charge on any atom is 0.435 e. The number of benzene rings is 1. The van der Waals surface area contributed by atoms with Gasteiger partial charge in [0.2, 0.25) is 0 Å². The molecule has 0 aliphatic heterocycles. The molecular formula is C22H19BrF4N6O3. The van der Waals surface area contributed by atoms with Gasteiger partial charge in [0.1, 0.15) is 18.5 Å². The summed E-state index contributed by atoms with van der Waals surface area (Å²) in [7, 11) is 0. The van der Waals surface area contributed by atoms with E-state index in [4.69, 9.17) is 4.74 Å². The summed E-state index contributed by atoms with van der Waals surface area (Å²) in [6, 6.07) is 5.58. The second-order valence-electron chi connectivity index (χ2n) is 7.57. The number of alkyl halides is 3. The highest BCUT2D eigenvalue weighted by molar-refractivity contribution is 9.10. The Morgan fingerprint density at radius 3 is 2.64 bits per heavy atom. The lowest BCUT2D eigenvalue weighted by Gasteiger charge is -2.17. The van der Waals surface area contributed by atoms with E-state index in [1.165, 1.54) is 35.4 Å². The van der Waals surface area contributed by atoms with Crippen molar-refractivity contribution in [2.75, 3.05) is 5.48 Å². The van der Waals surface area contributed by atoms with Crippen LogP contribution in [0.25, 0.3) is 5.69 Å². The van der Waals surface area contributed by atoms with Gasteiger partial charge in [0.05, 0.1) is 17.6 Å². The molecule has 0 amide bonds. The van der Waals surface area contributed by atoms with Crippen molar-refractivity contribution in [1.82, 2.24) is 24.5 Å². The molecular weight excluding hydrogens is 552 g/mol. The van der Waals surface area contributed by atoms with Crippen LogP contribution >= 0.6 is 15.9 Å². The fourth-order valence-corrected chi connectivity index (χ4v) is 3.74. The Hall–Kier alpha value is -3.49. The largest absolute Gasteiger partial charge is 0.485 e. The smallest absolute Gasteiger partial charge is 0.435 e. The third-order valence-electron chi connectivity index (χ3n) is 5.18. The predicted octanol–water partition coefficient (Wildman–Crippen LogP) is 4.87. The van der Waals surface area contributed by atoms with Crippen LogP contribution < -0.4 is 10.2 Å². The van der Waals surface area contributed by atoms with Crippen LogP contribution in [-0.2, 0) is 19.3 Å². The summed E-state index contributed by atoms with van der Waals surface area (Å²) in [5.74, 6) is -0.607. The summed E-state index contributed by atoms with van der Waals surface area (Å²) in [5, 5.41) is 27.9. The van der Waals surface area contributed by atoms with E-state index in [-0.39, 0.29) is 40.7 Å². The molecule has 0 aliphatic carbocycles. The van der Waals surface area contributed by atoms with Gasteiger partial charge in [0.15, 0.2) is 17.3 Å². The summed E-state index contributed by atoms with van der Waals surface area (Å²) in [4.78, 5) is 3.93. The molecule has 36 heavy (non-hydrogen) atoms. The van der Waals surface area contributed by atoms with Crippen molar-refractivity contribution in [2.45, 2.75) is 32.4 Å². The summed E-state index contributed by atoms with van der Waals surface area (Å²) < 4.78 is 63.5. The van der Waals surface area contributed by atoms with Gasteiger partial charge in [0, 0.05) is 34.5 Å². The number of aliphatic hydroxyl groups is 1. The number of hydrogen-bond acceptors (Lipinski definition) is 7. The number of nitrogens with zero attached hydrogens (tertiary/aromatic N) is 5. The van der Waals surface area contributed by atoms with Crippen LogP contribution in [0.4, 0.5) is 23.4 Å². The van der Waals surface area contributed by atoms with Crippen LogP contribution in [0.2, 0.25) is 0 Å². The second kappa shape index (κ2) is 10.2. The van der Waals surface area contributed by atoms with E-state index in [0.717, 1.165) is 22.9 Å². The average molecular weight is 571 g/mol. The van der Waals surface area contributed by atoms with Crippen molar-refractivity contribution in [2.24, 2.45) is 0 Å². The first kappa shape index (κ1) is 25.6. The highest BCUT2D eigenvalue weighted by Gasteiger charge is 2.36. The van der Waals surface area contributed by atoms with Crippen molar-refractivity contribution in [3.05, 3.63) is 81.7 Å². The molecule has 1 unspecified atom stereocenters. The standard InChI is InChI=1S/C22H19BrF4N6O3/c1-2-32-10-13(8-29-32)20(34)17-7-19(22(25,26)27)30-33(17)16-4-3-15(24)5-12(16)11-36-18-6-14(23)9-28-21(18)31-35/h3-10,20,34-35H,2,11H2,1H3,(H,28,31). The number of aliphatic hydroxyl groups excluding tert-OH is 1. The number of pyridine rings is 1. The Bertz CT molecular complexity index is 1370. The fourth-order valence-electron chi connectivity index (χ4n) is 3.43. The molecule has 0 radical (unpaired) electrons. The molecule has 0 saturated carbocycles. The number of anilines is 1. The van der Waals surface area contributed by atoms with Gasteiger partial charge in [-0.15, -0.1) is 0 Å². The Labute approximate surface area is 210 Å². The Kier molecular flexibility index (Phi) is 7.28. The average Bonchev–Trinajstić information content (AvgIpc) is 3.50. The minimum Gasteiger partial charge on any atom is -0.485 e. The number of aromatic nitrogens is 5. The van der Waals surface area contributed by atoms with E-state index in [0.29, 0.717) is 11.0 Å². The molecule has 14 heteroatoms. The molecule has 4 aromatic rings. The summed E-state index contributed by atoms with van der Waals surface area (Å²) in [6.45, 7) is 1.98. The molecule has 3 aromatic heterocycles. The molecule has 0 bridgehead atoms. The molecule has 9 nitrogen and oxygen atoms in total. The maximum atomic E-state index is 14.2. The highest BCUT2D eigenvalue weighted by Crippen LogP contribution is 2.34. The predicted molar refractivity (Wildman–Crippen MR) is 122 cm³/mol. The summed E-state index contributed by atoms with van der Waals surface area (Å²) in [6.07, 6.45) is -2.05. The van der Waals surface area contributed by atoms with Gasteiger partial charge in [-0.3, -0.25) is 9.89 Å². The normalized spacial score (nSPS) is 12.6. The van der Waals surface area contributed by atoms with E-state index >= 15 is 0 Å². The SMILES string of the molecule is CCn1cc(C(O)c2cc(C(F)(F)F)nn2-c2ccc(F)cc2COc2cc(Br)cnc2NO)cn1. The Morgan fingerprint density at radius 1 is 1.19 bits per heavy atom. The number of halogens is 5. The van der Waals surface area contributed by atoms with Gasteiger partial charge in [-0.1, -0.05) is 0 Å². The third-order valence-corrected chi connectivity index (χ3v) is 5.61. The van der Waals surface area contributed by atoms with Crippen LogP contribution in [0, 0.1) is 5.82 Å². The van der Waals surface area contributed by atoms with E-state index in [2.05, 4.69) is 31.1 Å². The van der Waals surface area contributed by atoms with E-state index in [9.17, 15) is 27.9 Å². The number of aryl methyl sites for hydroxylation is 1. The maximum absolute atomic E-state index is 14.2. The van der Waals surface area contributed by atoms with Gasteiger partial charge in [-0.25, -0.2) is 19.5 Å². The minimum absolute atomic E-state index is 0.0290. The summed E-state index contributed by atoms with van der Waals surface area (Å²) in [5.41, 5.74) is 0.853. The molecule has 3 N–H and O–H groups in total. The van der Waals surface area contributed by atoms with E-state index < -0.39 is 23.8 Å². The first-order valence-electron chi connectivity index (χ1n) is 10.5. The second-order valence-corrected chi connectivity index (χ2v) is 8.49. The molecule has 4 rings (SSSR count). The third kappa shape index (κ3) is 5.34. The van der Waals surface area contributed by atoms with Crippen molar-refractivity contribution < 1.29 is 32.6 Å². The van der Waals surface area contributed by atoms with Gasteiger partial charge in [0.25, 0.3) is 0 Å². The zero-order valence-corrected chi connectivity index (χ0v) is 20.1. The van der Waals surface area contributed by atoms with Crippen molar-refractivity contribution >= 4 is 21.7 Å². The van der Waals surface area contributed by atoms with Crippen LogP contribution in [0.3, 0.4) is 0 Å². The molecule has 1 atom stereocenters. The molecule has 3 heterocycles. The molecule has 0 saturated heterocycles. The van der Waals surface area contributed by atoms with Gasteiger partial charge in [-0.2, -0.15) is 23.4 Å². The van der Waals surface area contributed by atoms with Crippen LogP contribution in [0.1, 0.15) is 35.5 Å². The topological polar surface area (TPSA) is 110 Å². The van der Waals surface area contributed by atoms with Crippen LogP contribution in [0.15, 0.2) is 53.4 Å². The first-order chi connectivity index (χ1) is 17.1. The number of rotatable bonds is 8. The zero-order valence-electron chi connectivity index (χ0n) is 18.5. The van der Waals surface area contributed by atoms with Crippen molar-refractivity contribution in [3.63, 3.8) is 0 Å². The molecule has 1 aromatic carbocycles. The van der Waals surface area contributed by atoms with E-state index in [1.54, 1.807) is 0 Å². The molecule has 190 valence electrons. The Balaban J connectivity index is 1.78. The number of ether oxygens (including phenoxy) is 1. The quantitative estimate of drug-likeness (QED) is 0.205. The lowest BCUT2D eigenvalue weighted by molar-refractivity contribution is -0.141. The minimum atomic E-state index is -4.80. The highest BCUT2D eigenvalue weighted by atomic mass is 79.9. The van der Waals surface area contributed by atoms with Crippen LogP contribution in [-0.4, -0.2) is 34.9 Å². The Morgan fingerprint density at radius 2 is 1.97 bits per heavy atom. The van der Waals surface area contributed by atoms with Crippen LogP contribution in [0.5, 0.6) is 5.75 Å². The number of hydrogen-bond donors (Lipinski definition) is 3. The molecule has 0 spiro atoms. The first-order valence-corrected chi connectivity index (χ1v) is 11.2. The van der Waals surface area contributed by atoms with Gasteiger partial charge >= 0.3 is 6.18 Å². The lowest BCUT2D eigenvalue weighted by Crippen LogP contribution is -2.13. The van der Waals surface area contributed by atoms with Crippen molar-refractivity contribution in [3.8, 4) is 11.4 Å². The lowest BCUT2D eigenvalue weighted by atomic mass is 10.1. The van der Waals surface area contributed by atoms with Gasteiger partial charge < -0.3 is 9.84 Å². The zero-order chi connectivity index (χ0) is 26.0. The monoisotopic (exact) mass is 570 g/mol. The summed E-state index contributed by atoms with van der Waals surface area (Å²) >= 11 is 3.22. The van der Waals surface area contributed by atoms with Crippen molar-refractivity contribution in [1.29, 1.82) is 0 Å². The fraction of sp³-hybridized carbons (Fsp3) is 0.227. The number of nitrogens with one attached hydrogen (secondary N) is 1. The van der Waals surface area contributed by atoms with Gasteiger partial charge in [-0.05, 0) is 53.2 Å². The molecule has 0 fully saturated rings. The molecule has 0 aliphatic rings. The van der Waals surface area contributed by atoms with E-state index in [1.807, 2.05) is 12.4 Å².